The van der Waals surface area contributed by atoms with Crippen molar-refractivity contribution in [1.29, 1.82) is 0 Å². The van der Waals surface area contributed by atoms with Gasteiger partial charge in [0.05, 0.1) is 24.4 Å². The third-order valence-corrected chi connectivity index (χ3v) is 3.59. The van der Waals surface area contributed by atoms with Crippen LogP contribution < -0.4 is 10.1 Å². The van der Waals surface area contributed by atoms with Gasteiger partial charge in [-0.25, -0.2) is 0 Å². The fourth-order valence-electron chi connectivity index (χ4n) is 2.47. The van der Waals surface area contributed by atoms with Crippen LogP contribution in [0.5, 0.6) is 5.75 Å². The van der Waals surface area contributed by atoms with Gasteiger partial charge >= 0.3 is 0 Å². The minimum Gasteiger partial charge on any atom is -0.496 e. The average molecular weight is 295 g/mol. The molecule has 1 heterocycles. The maximum absolute atomic E-state index is 12.3. The number of nitrogens with zero attached hydrogens (tertiary/aromatic N) is 1. The molecule has 3 aromatic rings. The highest BCUT2D eigenvalue weighted by molar-refractivity contribution is 6.05. The van der Waals surface area contributed by atoms with Crippen molar-refractivity contribution >= 4 is 16.8 Å². The number of aromatic nitrogens is 2. The first kappa shape index (κ1) is 14.1. The van der Waals surface area contributed by atoms with Crippen LogP contribution in [0.2, 0.25) is 0 Å². The van der Waals surface area contributed by atoms with E-state index in [1.165, 1.54) is 0 Å². The van der Waals surface area contributed by atoms with Gasteiger partial charge in [0.2, 0.25) is 0 Å². The van der Waals surface area contributed by atoms with Crippen LogP contribution in [-0.2, 0) is 6.42 Å². The molecule has 2 N–H and O–H groups in total. The number of hydrogen-bond donors (Lipinski definition) is 2. The molecule has 5 nitrogen and oxygen atoms in total. The molecular formula is C17H17N3O2. The normalized spacial score (nSPS) is 10.6. The zero-order valence-corrected chi connectivity index (χ0v) is 12.3. The van der Waals surface area contributed by atoms with Gasteiger partial charge in [0.25, 0.3) is 5.91 Å². The average Bonchev–Trinajstić information content (AvgIpc) is 3.03. The number of hydrogen-bond acceptors (Lipinski definition) is 3. The second-order valence-electron chi connectivity index (χ2n) is 4.96. The van der Waals surface area contributed by atoms with E-state index in [-0.39, 0.29) is 5.91 Å². The number of amides is 1. The molecule has 5 heteroatoms. The summed E-state index contributed by atoms with van der Waals surface area (Å²) in [6, 6.07) is 13.4. The highest BCUT2D eigenvalue weighted by atomic mass is 16.5. The zero-order valence-electron chi connectivity index (χ0n) is 12.3. The van der Waals surface area contributed by atoms with Crippen LogP contribution in [0.1, 0.15) is 15.9 Å². The summed E-state index contributed by atoms with van der Waals surface area (Å²) in [5.41, 5.74) is 2.44. The van der Waals surface area contributed by atoms with Crippen molar-refractivity contribution in [2.45, 2.75) is 6.42 Å². The Labute approximate surface area is 128 Å². The molecule has 0 saturated heterocycles. The molecule has 3 rings (SSSR count). The summed E-state index contributed by atoms with van der Waals surface area (Å²) < 4.78 is 5.31. The first-order valence-corrected chi connectivity index (χ1v) is 7.12. The molecule has 22 heavy (non-hydrogen) atoms. The van der Waals surface area contributed by atoms with Crippen molar-refractivity contribution in [1.82, 2.24) is 15.5 Å². The van der Waals surface area contributed by atoms with Gasteiger partial charge in [0.15, 0.2) is 0 Å². The van der Waals surface area contributed by atoms with Gasteiger partial charge < -0.3 is 10.1 Å². The summed E-state index contributed by atoms with van der Waals surface area (Å²) in [5, 5.41) is 10.7. The van der Waals surface area contributed by atoms with Crippen molar-refractivity contribution in [3.8, 4) is 5.75 Å². The number of fused-ring (bicyclic) bond motifs is 1. The molecule has 2 aromatic carbocycles. The number of H-pyrrole nitrogens is 1. The smallest absolute Gasteiger partial charge is 0.253 e. The lowest BCUT2D eigenvalue weighted by Gasteiger charge is -2.09. The maximum atomic E-state index is 12.3. The molecule has 0 aliphatic carbocycles. The standard InChI is InChI=1S/C17H17N3O2/c1-22-15-8-3-2-5-12(15)9-10-18-17(21)14-7-4-6-13-11-19-20-16(13)14/h2-8,11H,9-10H2,1H3,(H,18,21)(H,19,20). The molecule has 112 valence electrons. The summed E-state index contributed by atoms with van der Waals surface area (Å²) in [6.07, 6.45) is 2.43. The SMILES string of the molecule is COc1ccccc1CCNC(=O)c1cccc2cn[nH]c12. The number of carbonyl (C=O) groups is 1. The Hall–Kier alpha value is -2.82. The van der Waals surface area contributed by atoms with Gasteiger partial charge in [-0.15, -0.1) is 0 Å². The van der Waals surface area contributed by atoms with Gasteiger partial charge in [-0.1, -0.05) is 30.3 Å². The second kappa shape index (κ2) is 6.30. The van der Waals surface area contributed by atoms with Gasteiger partial charge in [-0.3, -0.25) is 9.89 Å². The van der Waals surface area contributed by atoms with Crippen molar-refractivity contribution < 1.29 is 9.53 Å². The number of aromatic amines is 1. The predicted octanol–water partition coefficient (Wildman–Crippen LogP) is 2.54. The third-order valence-electron chi connectivity index (χ3n) is 3.59. The van der Waals surface area contributed by atoms with Gasteiger partial charge in [-0.2, -0.15) is 5.10 Å². The topological polar surface area (TPSA) is 67.0 Å². The maximum Gasteiger partial charge on any atom is 0.253 e. The Morgan fingerprint density at radius 1 is 1.23 bits per heavy atom. The van der Waals surface area contributed by atoms with E-state index in [4.69, 9.17) is 4.74 Å². The molecular weight excluding hydrogens is 278 g/mol. The third kappa shape index (κ3) is 2.79. The van der Waals surface area contributed by atoms with Crippen LogP contribution >= 0.6 is 0 Å². The Kier molecular flexibility index (Phi) is 4.05. The largest absolute Gasteiger partial charge is 0.496 e. The number of nitrogens with one attached hydrogen (secondary N) is 2. The minimum absolute atomic E-state index is 0.107. The highest BCUT2D eigenvalue weighted by Gasteiger charge is 2.11. The summed E-state index contributed by atoms with van der Waals surface area (Å²) in [6.45, 7) is 0.545. The summed E-state index contributed by atoms with van der Waals surface area (Å²) in [7, 11) is 1.65. The van der Waals surface area contributed by atoms with E-state index in [1.54, 1.807) is 19.4 Å². The molecule has 0 aliphatic rings. The van der Waals surface area contributed by atoms with Crippen LogP contribution in [0.4, 0.5) is 0 Å². The molecule has 1 amide bonds. The number of para-hydroxylation sites is 2. The molecule has 0 spiro atoms. The summed E-state index contributed by atoms with van der Waals surface area (Å²) in [5.74, 6) is 0.733. The van der Waals surface area contributed by atoms with E-state index in [2.05, 4.69) is 15.5 Å². The van der Waals surface area contributed by atoms with E-state index < -0.39 is 0 Å². The van der Waals surface area contributed by atoms with E-state index in [1.807, 2.05) is 36.4 Å². The molecule has 0 unspecified atom stereocenters. The highest BCUT2D eigenvalue weighted by Crippen LogP contribution is 2.18. The van der Waals surface area contributed by atoms with Gasteiger partial charge in [-0.05, 0) is 24.1 Å². The molecule has 0 saturated carbocycles. The lowest BCUT2D eigenvalue weighted by molar-refractivity contribution is 0.0955. The first-order chi connectivity index (χ1) is 10.8. The Bertz CT molecular complexity index is 795. The zero-order chi connectivity index (χ0) is 15.4. The van der Waals surface area contributed by atoms with Crippen LogP contribution in [0.3, 0.4) is 0 Å². The van der Waals surface area contributed by atoms with Crippen LogP contribution in [0.25, 0.3) is 10.9 Å². The summed E-state index contributed by atoms with van der Waals surface area (Å²) in [4.78, 5) is 12.3. The second-order valence-corrected chi connectivity index (χ2v) is 4.96. The number of benzene rings is 2. The lowest BCUT2D eigenvalue weighted by atomic mass is 10.1. The Morgan fingerprint density at radius 3 is 2.95 bits per heavy atom. The van der Waals surface area contributed by atoms with Crippen molar-refractivity contribution in [2.24, 2.45) is 0 Å². The van der Waals surface area contributed by atoms with Crippen molar-refractivity contribution in [3.05, 3.63) is 59.8 Å². The molecule has 1 aromatic heterocycles. The predicted molar refractivity (Wildman–Crippen MR) is 85.1 cm³/mol. The van der Waals surface area contributed by atoms with E-state index in [0.717, 1.165) is 22.2 Å². The van der Waals surface area contributed by atoms with Gasteiger partial charge in [0.1, 0.15) is 5.75 Å². The van der Waals surface area contributed by atoms with Crippen LogP contribution in [0, 0.1) is 0 Å². The van der Waals surface area contributed by atoms with E-state index in [0.29, 0.717) is 18.5 Å². The van der Waals surface area contributed by atoms with Crippen LogP contribution in [0.15, 0.2) is 48.7 Å². The molecule has 0 atom stereocenters. The van der Waals surface area contributed by atoms with Crippen molar-refractivity contribution in [3.63, 3.8) is 0 Å². The van der Waals surface area contributed by atoms with Gasteiger partial charge in [0, 0.05) is 11.9 Å². The van der Waals surface area contributed by atoms with Crippen molar-refractivity contribution in [2.75, 3.05) is 13.7 Å². The Morgan fingerprint density at radius 2 is 2.09 bits per heavy atom. The number of methoxy groups -OCH3 is 1. The van der Waals surface area contributed by atoms with E-state index in [9.17, 15) is 4.79 Å². The summed E-state index contributed by atoms with van der Waals surface area (Å²) >= 11 is 0. The molecule has 0 fully saturated rings. The number of rotatable bonds is 5. The minimum atomic E-state index is -0.107. The molecule has 0 aliphatic heterocycles. The first-order valence-electron chi connectivity index (χ1n) is 7.12. The Balaban J connectivity index is 1.67. The molecule has 0 radical (unpaired) electrons. The molecule has 0 bridgehead atoms. The fourth-order valence-corrected chi connectivity index (χ4v) is 2.47. The number of ether oxygens (including phenoxy) is 1. The quantitative estimate of drug-likeness (QED) is 0.760. The number of carbonyl (C=O) groups excluding carboxylic acids is 1. The fraction of sp³-hybridized carbons (Fsp3) is 0.176. The van der Waals surface area contributed by atoms with E-state index >= 15 is 0 Å². The van der Waals surface area contributed by atoms with Crippen LogP contribution in [-0.4, -0.2) is 29.8 Å². The monoisotopic (exact) mass is 295 g/mol. The lowest BCUT2D eigenvalue weighted by Crippen LogP contribution is -2.26.